The van der Waals surface area contributed by atoms with Gasteiger partial charge in [-0.3, -0.25) is 4.79 Å². The number of carbonyl (C=O) groups is 1. The molecule has 3 nitrogen and oxygen atoms in total. The van der Waals surface area contributed by atoms with Gasteiger partial charge in [0.1, 0.15) is 0 Å². The molecule has 0 unspecified atom stereocenters. The maximum Gasteiger partial charge on any atom is 0.259 e. The van der Waals surface area contributed by atoms with E-state index in [0.717, 1.165) is 10.6 Å². The predicted molar refractivity (Wildman–Crippen MR) is 82.0 cm³/mol. The fourth-order valence-corrected chi connectivity index (χ4v) is 2.53. The minimum absolute atomic E-state index is 0.301. The normalized spacial score (nSPS) is 10.2. The minimum Gasteiger partial charge on any atom is -0.398 e. The fourth-order valence-electron chi connectivity index (χ4n) is 1.71. The third-order valence-corrected chi connectivity index (χ3v) is 3.74. The minimum atomic E-state index is -0.301. The van der Waals surface area contributed by atoms with Crippen LogP contribution in [-0.2, 0) is 0 Å². The number of thioether (sulfide) groups is 1. The van der Waals surface area contributed by atoms with Gasteiger partial charge < -0.3 is 11.1 Å². The van der Waals surface area contributed by atoms with E-state index in [2.05, 4.69) is 5.32 Å². The van der Waals surface area contributed by atoms with E-state index in [-0.39, 0.29) is 5.91 Å². The Balaban J connectivity index is 2.31. The summed E-state index contributed by atoms with van der Waals surface area (Å²) in [5, 5.41) is 3.18. The fraction of sp³-hybridized carbons (Fsp3) is 0.0714. The quantitative estimate of drug-likeness (QED) is 0.666. The third-order valence-electron chi connectivity index (χ3n) is 2.63. The maximum absolute atomic E-state index is 12.2. The molecule has 2 aromatic carbocycles. The smallest absolute Gasteiger partial charge is 0.259 e. The number of hydrogen-bond acceptors (Lipinski definition) is 3. The van der Waals surface area contributed by atoms with Crippen molar-refractivity contribution in [3.8, 4) is 0 Å². The van der Waals surface area contributed by atoms with Gasteiger partial charge in [-0.25, -0.2) is 0 Å². The zero-order chi connectivity index (χ0) is 13.8. The van der Waals surface area contributed by atoms with Crippen molar-refractivity contribution in [2.75, 3.05) is 17.3 Å². The van der Waals surface area contributed by atoms with Gasteiger partial charge in [-0.05, 0) is 30.5 Å². The number of nitrogens with one attached hydrogen (secondary N) is 1. The van der Waals surface area contributed by atoms with Crippen molar-refractivity contribution in [3.05, 3.63) is 53.1 Å². The molecule has 0 saturated heterocycles. The lowest BCUT2D eigenvalue weighted by Crippen LogP contribution is -2.15. The second-order valence-corrected chi connectivity index (χ2v) is 5.11. The number of amides is 1. The Kier molecular flexibility index (Phi) is 4.35. The molecule has 2 aromatic rings. The summed E-state index contributed by atoms with van der Waals surface area (Å²) in [6, 6.07) is 12.6. The van der Waals surface area contributed by atoms with Gasteiger partial charge in [0.25, 0.3) is 5.91 Å². The molecule has 0 aliphatic heterocycles. The lowest BCUT2D eigenvalue weighted by atomic mass is 10.1. The molecule has 3 N–H and O–H groups in total. The topological polar surface area (TPSA) is 55.1 Å². The number of anilines is 2. The average Bonchev–Trinajstić information content (AvgIpc) is 2.39. The standard InChI is InChI=1S/C14H13ClN2OS/c1-19-12-8-3-2-7-11(12)17-14(18)13-9(15)5-4-6-10(13)16/h2-8H,16H2,1H3,(H,17,18). The van der Waals surface area contributed by atoms with Gasteiger partial charge in [0, 0.05) is 10.6 Å². The Hall–Kier alpha value is -1.65. The van der Waals surface area contributed by atoms with Gasteiger partial charge in [0.05, 0.1) is 16.3 Å². The Morgan fingerprint density at radius 1 is 1.21 bits per heavy atom. The molecule has 0 aliphatic rings. The summed E-state index contributed by atoms with van der Waals surface area (Å²) in [5.74, 6) is -0.301. The lowest BCUT2D eigenvalue weighted by molar-refractivity contribution is 0.102. The van der Waals surface area contributed by atoms with E-state index in [4.69, 9.17) is 17.3 Å². The number of rotatable bonds is 3. The molecule has 0 bridgehead atoms. The maximum atomic E-state index is 12.2. The molecule has 19 heavy (non-hydrogen) atoms. The summed E-state index contributed by atoms with van der Waals surface area (Å²) in [5.41, 5.74) is 7.22. The molecular weight excluding hydrogens is 280 g/mol. The lowest BCUT2D eigenvalue weighted by Gasteiger charge is -2.11. The van der Waals surface area contributed by atoms with Crippen LogP contribution in [0.2, 0.25) is 5.02 Å². The van der Waals surface area contributed by atoms with Gasteiger partial charge in [0.2, 0.25) is 0 Å². The predicted octanol–water partition coefficient (Wildman–Crippen LogP) is 3.90. The van der Waals surface area contributed by atoms with Gasteiger partial charge in [-0.1, -0.05) is 29.8 Å². The highest BCUT2D eigenvalue weighted by Crippen LogP contribution is 2.27. The molecule has 5 heteroatoms. The van der Waals surface area contributed by atoms with Crippen molar-refractivity contribution >= 4 is 40.6 Å². The van der Waals surface area contributed by atoms with Gasteiger partial charge >= 0.3 is 0 Å². The zero-order valence-corrected chi connectivity index (χ0v) is 11.9. The summed E-state index contributed by atoms with van der Waals surface area (Å²) in [6.07, 6.45) is 1.95. The van der Waals surface area contributed by atoms with Crippen LogP contribution in [0.4, 0.5) is 11.4 Å². The first kappa shape index (κ1) is 13.8. The third kappa shape index (κ3) is 3.03. The van der Waals surface area contributed by atoms with Crippen LogP contribution in [0.1, 0.15) is 10.4 Å². The largest absolute Gasteiger partial charge is 0.398 e. The van der Waals surface area contributed by atoms with Gasteiger partial charge in [0.15, 0.2) is 0 Å². The SMILES string of the molecule is CSc1ccccc1NC(=O)c1c(N)cccc1Cl. The highest BCUT2D eigenvalue weighted by Gasteiger charge is 2.15. The molecule has 0 aliphatic carbocycles. The summed E-state index contributed by atoms with van der Waals surface area (Å²) in [4.78, 5) is 13.2. The molecule has 1 amide bonds. The molecule has 2 rings (SSSR count). The van der Waals surface area contributed by atoms with Crippen molar-refractivity contribution in [1.29, 1.82) is 0 Å². The van der Waals surface area contributed by atoms with Gasteiger partial charge in [-0.2, -0.15) is 0 Å². The Bertz CT molecular complexity index is 596. The van der Waals surface area contributed by atoms with E-state index in [1.807, 2.05) is 30.5 Å². The van der Waals surface area contributed by atoms with Crippen LogP contribution < -0.4 is 11.1 Å². The summed E-state index contributed by atoms with van der Waals surface area (Å²) in [7, 11) is 0. The first-order valence-corrected chi connectivity index (χ1v) is 7.22. The molecule has 0 spiro atoms. The molecule has 98 valence electrons. The average molecular weight is 293 g/mol. The Labute approximate surface area is 121 Å². The first-order valence-electron chi connectivity index (χ1n) is 5.62. The second kappa shape index (κ2) is 5.99. The Morgan fingerprint density at radius 2 is 1.95 bits per heavy atom. The van der Waals surface area contributed by atoms with Crippen LogP contribution in [0.25, 0.3) is 0 Å². The zero-order valence-electron chi connectivity index (χ0n) is 10.3. The summed E-state index contributed by atoms with van der Waals surface area (Å²) in [6.45, 7) is 0. The van der Waals surface area contributed by atoms with Crippen molar-refractivity contribution < 1.29 is 4.79 Å². The van der Waals surface area contributed by atoms with Crippen molar-refractivity contribution in [3.63, 3.8) is 0 Å². The molecule has 0 aromatic heterocycles. The van der Waals surface area contributed by atoms with Crippen molar-refractivity contribution in [1.82, 2.24) is 0 Å². The number of nitrogen functional groups attached to an aromatic ring is 1. The van der Waals surface area contributed by atoms with E-state index >= 15 is 0 Å². The summed E-state index contributed by atoms with van der Waals surface area (Å²) >= 11 is 7.58. The molecular formula is C14H13ClN2OS. The Morgan fingerprint density at radius 3 is 2.63 bits per heavy atom. The van der Waals surface area contributed by atoms with E-state index in [0.29, 0.717) is 16.3 Å². The summed E-state index contributed by atoms with van der Waals surface area (Å²) < 4.78 is 0. The molecule has 0 atom stereocenters. The number of para-hydroxylation sites is 1. The highest BCUT2D eigenvalue weighted by atomic mass is 35.5. The van der Waals surface area contributed by atoms with Crippen LogP contribution >= 0.6 is 23.4 Å². The first-order chi connectivity index (χ1) is 9.13. The van der Waals surface area contributed by atoms with Crippen LogP contribution in [-0.4, -0.2) is 12.2 Å². The number of carbonyl (C=O) groups excluding carboxylic acids is 1. The van der Waals surface area contributed by atoms with Crippen molar-refractivity contribution in [2.45, 2.75) is 4.90 Å². The van der Waals surface area contributed by atoms with Crippen LogP contribution in [0.3, 0.4) is 0 Å². The monoisotopic (exact) mass is 292 g/mol. The van der Waals surface area contributed by atoms with Crippen LogP contribution in [0.5, 0.6) is 0 Å². The van der Waals surface area contributed by atoms with Gasteiger partial charge in [-0.15, -0.1) is 11.8 Å². The highest BCUT2D eigenvalue weighted by molar-refractivity contribution is 7.98. The van der Waals surface area contributed by atoms with Crippen LogP contribution in [0, 0.1) is 0 Å². The number of benzene rings is 2. The van der Waals surface area contributed by atoms with E-state index < -0.39 is 0 Å². The van der Waals surface area contributed by atoms with E-state index in [1.165, 1.54) is 0 Å². The van der Waals surface area contributed by atoms with E-state index in [1.54, 1.807) is 30.0 Å². The number of hydrogen-bond donors (Lipinski definition) is 2. The van der Waals surface area contributed by atoms with Crippen molar-refractivity contribution in [2.24, 2.45) is 0 Å². The molecule has 0 saturated carbocycles. The number of halogens is 1. The second-order valence-electron chi connectivity index (χ2n) is 3.86. The van der Waals surface area contributed by atoms with Crippen LogP contribution in [0.15, 0.2) is 47.4 Å². The van der Waals surface area contributed by atoms with E-state index in [9.17, 15) is 4.79 Å². The molecule has 0 fully saturated rings. The molecule has 0 radical (unpaired) electrons. The molecule has 0 heterocycles. The number of nitrogens with two attached hydrogens (primary N) is 1.